The number of ether oxygens (including phenoxy) is 2. The van der Waals surface area contributed by atoms with E-state index >= 15 is 8.78 Å². The molecule has 40 heavy (non-hydrogen) atoms. The highest BCUT2D eigenvalue weighted by atomic mass is 32.2. The molecule has 0 fully saturated rings. The Morgan fingerprint density at radius 3 is 1.18 bits per heavy atom. The van der Waals surface area contributed by atoms with E-state index in [-0.39, 0.29) is 51.0 Å². The van der Waals surface area contributed by atoms with Crippen molar-refractivity contribution in [1.29, 1.82) is 0 Å². The molecule has 0 spiro atoms. The molecule has 0 aromatic heterocycles. The van der Waals surface area contributed by atoms with E-state index in [2.05, 4.69) is 20.6 Å². The number of benzene rings is 1. The van der Waals surface area contributed by atoms with Gasteiger partial charge in [-0.3, -0.25) is 20.2 Å². The molecule has 1 aromatic carbocycles. The standard InChI is InChI=1S/C24H20F2N4O6S4/c1-23(2,3)35-17-7(15(31)27-21(33)29-17)19-37-11-9(25)13-14(10(26)12(11)38-19)40-20(39-13)8-16(32)28-22(34)30-18(8)36-24(4,5)6/h1-6H3,(H,27,31,33)(H,28,32,34). The second-order valence-electron chi connectivity index (χ2n) is 10.5. The van der Waals surface area contributed by atoms with E-state index in [4.69, 9.17) is 9.47 Å². The fraction of sp³-hybridized carbons (Fsp3) is 0.333. The van der Waals surface area contributed by atoms with Crippen molar-refractivity contribution in [2.24, 2.45) is 9.98 Å². The number of nitrogens with zero attached hydrogens (tertiary/aromatic N) is 2. The first-order valence-corrected chi connectivity index (χ1v) is 14.8. The lowest BCUT2D eigenvalue weighted by Crippen LogP contribution is -2.41. The SMILES string of the molecule is CC(C)(C)OC1=NC(=O)NC(=O)C1=C1Sc2c(F)c3c(c(F)c2S1)SC(=C1C(=O)NC(=O)N=C1OC(C)(C)C)S3. The largest absolute Gasteiger partial charge is 0.471 e. The molecule has 4 aliphatic heterocycles. The summed E-state index contributed by atoms with van der Waals surface area (Å²) in [7, 11) is 0. The maximum Gasteiger partial charge on any atom is 0.351 e. The highest BCUT2D eigenvalue weighted by molar-refractivity contribution is 8.25. The van der Waals surface area contributed by atoms with Gasteiger partial charge in [-0.2, -0.15) is 9.98 Å². The molecule has 5 rings (SSSR count). The van der Waals surface area contributed by atoms with E-state index in [1.807, 2.05) is 0 Å². The van der Waals surface area contributed by atoms with Crippen molar-refractivity contribution >= 4 is 82.7 Å². The molecule has 16 heteroatoms. The van der Waals surface area contributed by atoms with Crippen molar-refractivity contribution in [2.45, 2.75) is 72.3 Å². The van der Waals surface area contributed by atoms with Crippen LogP contribution in [-0.4, -0.2) is 46.9 Å². The van der Waals surface area contributed by atoms with Crippen molar-refractivity contribution < 1.29 is 37.4 Å². The first-order valence-electron chi connectivity index (χ1n) is 11.5. The van der Waals surface area contributed by atoms with Gasteiger partial charge in [0.25, 0.3) is 11.8 Å². The molecule has 0 bridgehead atoms. The number of thioether (sulfide) groups is 4. The number of carbonyl (C=O) groups is 4. The Bertz CT molecular complexity index is 1410. The highest BCUT2D eigenvalue weighted by Crippen LogP contribution is 2.62. The lowest BCUT2D eigenvalue weighted by molar-refractivity contribution is -0.117. The maximum atomic E-state index is 15.9. The topological polar surface area (TPSA) is 136 Å². The van der Waals surface area contributed by atoms with Gasteiger partial charge in [0.15, 0.2) is 11.6 Å². The summed E-state index contributed by atoms with van der Waals surface area (Å²) < 4.78 is 43.6. The van der Waals surface area contributed by atoms with E-state index in [0.29, 0.717) is 0 Å². The number of nitrogens with one attached hydrogen (secondary N) is 2. The molecule has 210 valence electrons. The minimum atomic E-state index is -0.907. The first kappa shape index (κ1) is 28.7. The number of carbonyl (C=O) groups excluding carboxylic acids is 4. The van der Waals surface area contributed by atoms with Gasteiger partial charge < -0.3 is 9.47 Å². The van der Waals surface area contributed by atoms with Crippen molar-refractivity contribution in [3.05, 3.63) is 31.3 Å². The highest BCUT2D eigenvalue weighted by Gasteiger charge is 2.42. The van der Waals surface area contributed by atoms with Gasteiger partial charge in [0.1, 0.15) is 22.3 Å². The van der Waals surface area contributed by atoms with E-state index in [1.54, 1.807) is 41.5 Å². The summed E-state index contributed by atoms with van der Waals surface area (Å²) in [5, 5.41) is 4.15. The lowest BCUT2D eigenvalue weighted by Gasteiger charge is -2.25. The zero-order chi connectivity index (χ0) is 29.3. The van der Waals surface area contributed by atoms with Crippen LogP contribution in [0.25, 0.3) is 0 Å². The molecular weight excluding hydrogens is 607 g/mol. The van der Waals surface area contributed by atoms with Crippen molar-refractivity contribution in [3.8, 4) is 0 Å². The normalized spacial score (nSPS) is 19.3. The zero-order valence-electron chi connectivity index (χ0n) is 21.7. The van der Waals surface area contributed by atoms with E-state index in [1.165, 1.54) is 0 Å². The van der Waals surface area contributed by atoms with Crippen LogP contribution < -0.4 is 10.6 Å². The van der Waals surface area contributed by atoms with Crippen LogP contribution in [0.4, 0.5) is 18.4 Å². The predicted octanol–water partition coefficient (Wildman–Crippen LogP) is 5.71. The molecule has 0 saturated heterocycles. The van der Waals surface area contributed by atoms with Crippen LogP contribution in [0.1, 0.15) is 41.5 Å². The first-order chi connectivity index (χ1) is 18.5. The number of amides is 6. The summed E-state index contributed by atoms with van der Waals surface area (Å²) in [4.78, 5) is 56.5. The van der Waals surface area contributed by atoms with E-state index < -0.39 is 46.7 Å². The number of hydrogen-bond donors (Lipinski definition) is 2. The van der Waals surface area contributed by atoms with Gasteiger partial charge in [-0.05, 0) is 41.5 Å². The Hall–Kier alpha value is -2.82. The Balaban J connectivity index is 1.56. The Morgan fingerprint density at radius 2 is 0.900 bits per heavy atom. The van der Waals surface area contributed by atoms with Crippen LogP contribution in [0, 0.1) is 11.6 Å². The Morgan fingerprint density at radius 1 is 0.600 bits per heavy atom. The van der Waals surface area contributed by atoms with Gasteiger partial charge in [-0.15, -0.1) is 0 Å². The number of imide groups is 2. The van der Waals surface area contributed by atoms with Crippen LogP contribution in [0.15, 0.2) is 49.2 Å². The molecule has 0 aliphatic carbocycles. The number of halogens is 2. The maximum absolute atomic E-state index is 15.9. The third-order valence-corrected chi connectivity index (χ3v) is 10.1. The molecular formula is C24H20F2N4O6S4. The molecule has 0 unspecified atom stereocenters. The average Bonchev–Trinajstić information content (AvgIpc) is 3.40. The van der Waals surface area contributed by atoms with Crippen LogP contribution in [0.2, 0.25) is 0 Å². The van der Waals surface area contributed by atoms with E-state index in [9.17, 15) is 19.2 Å². The second-order valence-corrected chi connectivity index (χ2v) is 15.1. The van der Waals surface area contributed by atoms with Crippen molar-refractivity contribution in [3.63, 3.8) is 0 Å². The predicted molar refractivity (Wildman–Crippen MR) is 147 cm³/mol. The molecule has 0 radical (unpaired) electrons. The molecule has 4 heterocycles. The second kappa shape index (κ2) is 9.92. The average molecular weight is 627 g/mol. The number of fused-ring (bicyclic) bond motifs is 2. The van der Waals surface area contributed by atoms with Gasteiger partial charge in [-0.1, -0.05) is 47.0 Å². The summed E-state index contributed by atoms with van der Waals surface area (Å²) in [6.07, 6.45) is 0. The molecule has 1 aromatic rings. The monoisotopic (exact) mass is 626 g/mol. The van der Waals surface area contributed by atoms with Crippen LogP contribution in [0.5, 0.6) is 0 Å². The zero-order valence-corrected chi connectivity index (χ0v) is 25.0. The molecule has 10 nitrogen and oxygen atoms in total. The number of hydrogen-bond acceptors (Lipinski definition) is 10. The fourth-order valence-corrected chi connectivity index (χ4v) is 8.87. The van der Waals surface area contributed by atoms with Crippen LogP contribution in [0.3, 0.4) is 0 Å². The Kier molecular flexibility index (Phi) is 7.12. The quantitative estimate of drug-likeness (QED) is 0.345. The molecule has 2 N–H and O–H groups in total. The molecule has 0 atom stereocenters. The van der Waals surface area contributed by atoms with E-state index in [0.717, 1.165) is 47.0 Å². The summed E-state index contributed by atoms with van der Waals surface area (Å²) >= 11 is 3.26. The van der Waals surface area contributed by atoms with Gasteiger partial charge in [0.05, 0.1) is 28.1 Å². The smallest absolute Gasteiger partial charge is 0.351 e. The third kappa shape index (κ3) is 5.41. The lowest BCUT2D eigenvalue weighted by atomic mass is 10.1. The van der Waals surface area contributed by atoms with Gasteiger partial charge in [0, 0.05) is 0 Å². The Labute approximate surface area is 243 Å². The van der Waals surface area contributed by atoms with Gasteiger partial charge in [-0.25, -0.2) is 18.4 Å². The van der Waals surface area contributed by atoms with Crippen LogP contribution >= 0.6 is 47.0 Å². The summed E-state index contributed by atoms with van der Waals surface area (Å²) in [6.45, 7) is 10.2. The number of aliphatic imine (C=N–C) groups is 2. The molecule has 4 aliphatic rings. The minimum Gasteiger partial charge on any atom is -0.471 e. The summed E-state index contributed by atoms with van der Waals surface area (Å²) in [6, 6.07) is -1.81. The molecule has 0 saturated carbocycles. The number of rotatable bonds is 0. The minimum absolute atomic E-state index is 0.0639. The van der Waals surface area contributed by atoms with Gasteiger partial charge >= 0.3 is 12.1 Å². The van der Waals surface area contributed by atoms with Gasteiger partial charge in [0.2, 0.25) is 11.8 Å². The summed E-state index contributed by atoms with van der Waals surface area (Å²) in [5.41, 5.74) is -1.83. The third-order valence-electron chi connectivity index (χ3n) is 4.93. The van der Waals surface area contributed by atoms with Crippen molar-refractivity contribution in [2.75, 3.05) is 0 Å². The molecule has 6 amide bonds. The summed E-state index contributed by atoms with van der Waals surface area (Å²) in [5.74, 6) is -3.58. The fourth-order valence-electron chi connectivity index (χ4n) is 3.54. The van der Waals surface area contributed by atoms with Crippen LogP contribution in [-0.2, 0) is 19.1 Å². The van der Waals surface area contributed by atoms with Crippen molar-refractivity contribution in [1.82, 2.24) is 10.6 Å². The number of urea groups is 2.